The van der Waals surface area contributed by atoms with Crippen LogP contribution < -0.4 is 5.32 Å². The minimum Gasteiger partial charge on any atom is -0.362 e. The topological polar surface area (TPSA) is 24.9 Å². The van der Waals surface area contributed by atoms with E-state index in [4.69, 9.17) is 0 Å². The lowest BCUT2D eigenvalue weighted by molar-refractivity contribution is 1.19. The molecule has 2 nitrogen and oxygen atoms in total. The molecule has 2 heterocycles. The predicted molar refractivity (Wildman–Crippen MR) is 67.3 cm³/mol. The molecule has 0 spiro atoms. The van der Waals surface area contributed by atoms with E-state index in [1.165, 1.54) is 4.88 Å². The molecular weight excluding hydrogens is 280 g/mol. The Hall–Kier alpha value is -0.390. The van der Waals surface area contributed by atoms with E-state index in [2.05, 4.69) is 50.0 Å². The van der Waals surface area contributed by atoms with Crippen LogP contribution in [0.2, 0.25) is 0 Å². The van der Waals surface area contributed by atoms with Crippen molar-refractivity contribution in [3.63, 3.8) is 0 Å². The first-order valence-corrected chi connectivity index (χ1v) is 6.78. The predicted octanol–water partition coefficient (Wildman–Crippen LogP) is 4.07. The Morgan fingerprint density at radius 2 is 2.29 bits per heavy atom. The van der Waals surface area contributed by atoms with Crippen LogP contribution in [0.15, 0.2) is 21.3 Å². The molecule has 0 aromatic carbocycles. The summed E-state index contributed by atoms with van der Waals surface area (Å²) in [4.78, 5) is 5.69. The minimum absolute atomic E-state index is 0.918. The maximum absolute atomic E-state index is 4.48. The van der Waals surface area contributed by atoms with Crippen LogP contribution in [0.5, 0.6) is 0 Å². The van der Waals surface area contributed by atoms with Crippen molar-refractivity contribution in [2.75, 3.05) is 11.9 Å². The third-order valence-electron chi connectivity index (χ3n) is 1.65. The molecular formula is C9H9BrN2S2. The van der Waals surface area contributed by atoms with Gasteiger partial charge in [-0.25, -0.2) is 4.98 Å². The molecule has 1 N–H and O–H groups in total. The number of thiophene rings is 1. The van der Waals surface area contributed by atoms with Crippen LogP contribution in [0.25, 0.3) is 10.6 Å². The number of nitrogens with zero attached hydrogens (tertiary/aromatic N) is 1. The fourth-order valence-corrected chi connectivity index (χ4v) is 3.31. The van der Waals surface area contributed by atoms with Gasteiger partial charge in [-0.2, -0.15) is 0 Å². The number of hydrogen-bond acceptors (Lipinski definition) is 4. The van der Waals surface area contributed by atoms with Crippen molar-refractivity contribution < 1.29 is 0 Å². The lowest BCUT2D eigenvalue weighted by Crippen LogP contribution is -1.94. The highest BCUT2D eigenvalue weighted by Crippen LogP contribution is 2.31. The molecule has 0 radical (unpaired) electrons. The summed E-state index contributed by atoms with van der Waals surface area (Å²) in [6, 6.07) is 2.09. The minimum atomic E-state index is 0.918. The zero-order chi connectivity index (χ0) is 9.97. The Morgan fingerprint density at radius 3 is 2.93 bits per heavy atom. The molecule has 0 saturated carbocycles. The molecule has 2 aromatic heterocycles. The van der Waals surface area contributed by atoms with Gasteiger partial charge in [0, 0.05) is 21.8 Å². The second-order valence-electron chi connectivity index (χ2n) is 2.70. The Kier molecular flexibility index (Phi) is 3.20. The van der Waals surface area contributed by atoms with Gasteiger partial charge in [0.2, 0.25) is 0 Å². The molecule has 0 aliphatic carbocycles. The zero-order valence-electron chi connectivity index (χ0n) is 7.58. The maximum Gasteiger partial charge on any atom is 0.183 e. The van der Waals surface area contributed by atoms with Crippen molar-refractivity contribution in [1.82, 2.24) is 4.98 Å². The third kappa shape index (κ3) is 2.16. The number of aromatic nitrogens is 1. The van der Waals surface area contributed by atoms with Gasteiger partial charge >= 0.3 is 0 Å². The Morgan fingerprint density at radius 1 is 1.43 bits per heavy atom. The first kappa shape index (κ1) is 10.1. The van der Waals surface area contributed by atoms with Gasteiger partial charge in [-0.15, -0.1) is 22.7 Å². The van der Waals surface area contributed by atoms with Crippen LogP contribution in [0, 0.1) is 0 Å². The lowest BCUT2D eigenvalue weighted by Gasteiger charge is -1.93. The number of thiazole rings is 1. The monoisotopic (exact) mass is 288 g/mol. The number of halogens is 1. The normalized spacial score (nSPS) is 10.4. The molecule has 14 heavy (non-hydrogen) atoms. The van der Waals surface area contributed by atoms with Crippen molar-refractivity contribution in [2.45, 2.75) is 6.92 Å². The smallest absolute Gasteiger partial charge is 0.183 e. The number of hydrogen-bond donors (Lipinski definition) is 1. The molecule has 0 fully saturated rings. The summed E-state index contributed by atoms with van der Waals surface area (Å²) < 4.78 is 1.12. The van der Waals surface area contributed by atoms with Gasteiger partial charge in [0.25, 0.3) is 0 Å². The van der Waals surface area contributed by atoms with Crippen LogP contribution in [0.1, 0.15) is 6.92 Å². The molecule has 0 aliphatic rings. The first-order valence-electron chi connectivity index (χ1n) is 4.23. The summed E-state index contributed by atoms with van der Waals surface area (Å²) in [5.41, 5.74) is 1.06. The van der Waals surface area contributed by atoms with Gasteiger partial charge in [-0.1, -0.05) is 0 Å². The van der Waals surface area contributed by atoms with Crippen LogP contribution in [0.3, 0.4) is 0 Å². The lowest BCUT2D eigenvalue weighted by atomic mass is 10.4. The summed E-state index contributed by atoms with van der Waals surface area (Å²) in [6.45, 7) is 2.99. The number of nitrogens with one attached hydrogen (secondary N) is 1. The fraction of sp³-hybridized carbons (Fsp3) is 0.222. The van der Waals surface area contributed by atoms with Crippen LogP contribution in [-0.2, 0) is 0 Å². The SMILES string of the molecule is CCNc1nc(-c2cc(Br)cs2)cs1. The fourth-order valence-electron chi connectivity index (χ4n) is 1.07. The van der Waals surface area contributed by atoms with Crippen molar-refractivity contribution in [2.24, 2.45) is 0 Å². The highest BCUT2D eigenvalue weighted by atomic mass is 79.9. The van der Waals surface area contributed by atoms with E-state index in [0.717, 1.165) is 21.8 Å². The van der Waals surface area contributed by atoms with E-state index in [0.29, 0.717) is 0 Å². The van der Waals surface area contributed by atoms with E-state index in [1.54, 1.807) is 22.7 Å². The van der Waals surface area contributed by atoms with Crippen LogP contribution in [0.4, 0.5) is 5.13 Å². The van der Waals surface area contributed by atoms with Crippen molar-refractivity contribution in [3.05, 3.63) is 21.3 Å². The molecule has 0 atom stereocenters. The summed E-state index contributed by atoms with van der Waals surface area (Å²) in [5.74, 6) is 0. The molecule has 0 saturated heterocycles. The average Bonchev–Trinajstić information content (AvgIpc) is 2.74. The van der Waals surface area contributed by atoms with Crippen molar-refractivity contribution in [3.8, 4) is 10.6 Å². The van der Waals surface area contributed by atoms with Crippen molar-refractivity contribution in [1.29, 1.82) is 0 Å². The molecule has 0 amide bonds. The number of anilines is 1. The Balaban J connectivity index is 2.24. The van der Waals surface area contributed by atoms with E-state index in [-0.39, 0.29) is 0 Å². The molecule has 74 valence electrons. The van der Waals surface area contributed by atoms with Crippen LogP contribution in [-0.4, -0.2) is 11.5 Å². The van der Waals surface area contributed by atoms with Gasteiger partial charge in [0.05, 0.1) is 10.6 Å². The summed E-state index contributed by atoms with van der Waals surface area (Å²) in [7, 11) is 0. The highest BCUT2D eigenvalue weighted by Gasteiger charge is 2.05. The molecule has 2 rings (SSSR count). The molecule has 0 unspecified atom stereocenters. The molecule has 0 bridgehead atoms. The van der Waals surface area contributed by atoms with Crippen molar-refractivity contribution >= 4 is 43.7 Å². The quantitative estimate of drug-likeness (QED) is 0.921. The molecule has 0 aliphatic heterocycles. The van der Waals surface area contributed by atoms with E-state index in [1.807, 2.05) is 0 Å². The van der Waals surface area contributed by atoms with Gasteiger partial charge in [-0.3, -0.25) is 0 Å². The average molecular weight is 289 g/mol. The number of rotatable bonds is 3. The van der Waals surface area contributed by atoms with Gasteiger partial charge in [-0.05, 0) is 28.9 Å². The standard InChI is InChI=1S/C9H9BrN2S2/c1-2-11-9-12-7(5-14-9)8-3-6(10)4-13-8/h3-5H,2H2,1H3,(H,11,12). The molecule has 5 heteroatoms. The van der Waals surface area contributed by atoms with E-state index < -0.39 is 0 Å². The van der Waals surface area contributed by atoms with E-state index >= 15 is 0 Å². The zero-order valence-corrected chi connectivity index (χ0v) is 10.8. The summed E-state index contributed by atoms with van der Waals surface area (Å²) in [5, 5.41) is 8.35. The van der Waals surface area contributed by atoms with Gasteiger partial charge in [0.1, 0.15) is 0 Å². The maximum atomic E-state index is 4.48. The Labute approximate surface area is 99.1 Å². The first-order chi connectivity index (χ1) is 6.79. The molecule has 2 aromatic rings. The van der Waals surface area contributed by atoms with E-state index in [9.17, 15) is 0 Å². The largest absolute Gasteiger partial charge is 0.362 e. The second-order valence-corrected chi connectivity index (χ2v) is 5.38. The van der Waals surface area contributed by atoms with Crippen LogP contribution >= 0.6 is 38.6 Å². The summed E-state index contributed by atoms with van der Waals surface area (Å²) >= 11 is 6.79. The Bertz CT molecular complexity index is 422. The van der Waals surface area contributed by atoms with Gasteiger partial charge < -0.3 is 5.32 Å². The van der Waals surface area contributed by atoms with Gasteiger partial charge in [0.15, 0.2) is 5.13 Å². The highest BCUT2D eigenvalue weighted by molar-refractivity contribution is 9.10. The third-order valence-corrected chi connectivity index (χ3v) is 4.17. The second kappa shape index (κ2) is 4.42. The summed E-state index contributed by atoms with van der Waals surface area (Å²) in [6.07, 6.45) is 0.